The number of esters is 1. The summed E-state index contributed by atoms with van der Waals surface area (Å²) in [5, 5.41) is 10.4. The molecule has 2 aliphatic carbocycles. The largest absolute Gasteiger partial charge is 0.482 e. The van der Waals surface area contributed by atoms with Crippen molar-refractivity contribution in [3.8, 4) is 5.75 Å². The third kappa shape index (κ3) is 8.78. The Kier molecular flexibility index (Phi) is 12.6. The summed E-state index contributed by atoms with van der Waals surface area (Å²) in [6.45, 7) is 6.56. The highest BCUT2D eigenvalue weighted by molar-refractivity contribution is 5.71. The van der Waals surface area contributed by atoms with E-state index in [4.69, 9.17) is 9.47 Å². The molecule has 4 heteroatoms. The Bertz CT molecular complexity index is 767. The molecule has 4 atom stereocenters. The van der Waals surface area contributed by atoms with Crippen LogP contribution in [0.4, 0.5) is 0 Å². The van der Waals surface area contributed by atoms with Crippen LogP contribution in [0.2, 0.25) is 0 Å². The molecule has 0 heterocycles. The van der Waals surface area contributed by atoms with E-state index in [1.807, 2.05) is 6.07 Å². The summed E-state index contributed by atoms with van der Waals surface area (Å²) in [6, 6.07) is 6.35. The van der Waals surface area contributed by atoms with Gasteiger partial charge in [0.25, 0.3) is 0 Å². The molecule has 0 unspecified atom stereocenters. The van der Waals surface area contributed by atoms with E-state index >= 15 is 0 Å². The summed E-state index contributed by atoms with van der Waals surface area (Å²) >= 11 is 0. The minimum absolute atomic E-state index is 0.00214. The van der Waals surface area contributed by atoms with Crippen LogP contribution in [0.5, 0.6) is 5.75 Å². The Morgan fingerprint density at radius 3 is 2.42 bits per heavy atom. The van der Waals surface area contributed by atoms with Crippen LogP contribution in [-0.2, 0) is 22.4 Å². The SMILES string of the molecule is CCCCC[C@H](O)CC[C@H]1CC[C@@H]2Cc3c(cccc3OCC(=O)OC(CCCC)CCCC)C[C@H]12. The summed E-state index contributed by atoms with van der Waals surface area (Å²) in [4.78, 5) is 12.6. The van der Waals surface area contributed by atoms with Crippen LogP contribution in [0.3, 0.4) is 0 Å². The summed E-state index contributed by atoms with van der Waals surface area (Å²) in [6.07, 6.45) is 17.6. The zero-order valence-electron chi connectivity index (χ0n) is 23.3. The predicted octanol–water partition coefficient (Wildman–Crippen LogP) is 7.82. The quantitative estimate of drug-likeness (QED) is 0.175. The number of benzene rings is 1. The molecule has 1 fully saturated rings. The standard InChI is InChI=1S/C32H52O4/c1-4-7-10-13-27(33)20-19-24-17-18-26-22-30-25(21-29(24)26)12-11-16-31(30)35-23-32(34)36-28(14-8-5-2)15-9-6-3/h11-12,16,24,26-29,33H,4-10,13-15,17-23H2,1-3H3/t24-,26-,27+,29-/m1/s1. The van der Waals surface area contributed by atoms with E-state index in [9.17, 15) is 9.90 Å². The lowest BCUT2D eigenvalue weighted by Crippen LogP contribution is -2.27. The number of rotatable bonds is 17. The van der Waals surface area contributed by atoms with Gasteiger partial charge in [-0.2, -0.15) is 0 Å². The van der Waals surface area contributed by atoms with Crippen molar-refractivity contribution in [3.05, 3.63) is 29.3 Å². The summed E-state index contributed by atoms with van der Waals surface area (Å²) in [5.41, 5.74) is 2.70. The smallest absolute Gasteiger partial charge is 0.344 e. The minimum Gasteiger partial charge on any atom is -0.482 e. The zero-order valence-corrected chi connectivity index (χ0v) is 23.3. The molecule has 1 saturated carbocycles. The molecule has 4 nitrogen and oxygen atoms in total. The highest BCUT2D eigenvalue weighted by atomic mass is 16.6. The second-order valence-electron chi connectivity index (χ2n) is 11.5. The van der Waals surface area contributed by atoms with Crippen molar-refractivity contribution in [2.75, 3.05) is 6.61 Å². The fourth-order valence-electron chi connectivity index (χ4n) is 6.53. The van der Waals surface area contributed by atoms with E-state index in [1.54, 1.807) is 0 Å². The maximum absolute atomic E-state index is 12.6. The number of aliphatic hydroxyl groups is 1. The molecule has 3 rings (SSSR count). The van der Waals surface area contributed by atoms with Crippen molar-refractivity contribution in [3.63, 3.8) is 0 Å². The van der Waals surface area contributed by atoms with Gasteiger partial charge in [-0.25, -0.2) is 4.79 Å². The Morgan fingerprint density at radius 2 is 1.69 bits per heavy atom. The number of aliphatic hydroxyl groups excluding tert-OH is 1. The Morgan fingerprint density at radius 1 is 0.944 bits per heavy atom. The van der Waals surface area contributed by atoms with E-state index in [-0.39, 0.29) is 24.8 Å². The zero-order chi connectivity index (χ0) is 25.8. The van der Waals surface area contributed by atoms with Gasteiger partial charge in [0, 0.05) is 0 Å². The normalized spacial score (nSPS) is 21.8. The average molecular weight is 501 g/mol. The van der Waals surface area contributed by atoms with Gasteiger partial charge in [0.2, 0.25) is 0 Å². The molecule has 36 heavy (non-hydrogen) atoms. The monoisotopic (exact) mass is 500 g/mol. The van der Waals surface area contributed by atoms with E-state index in [0.717, 1.165) is 94.6 Å². The number of hydrogen-bond acceptors (Lipinski definition) is 4. The first-order valence-corrected chi connectivity index (χ1v) is 15.2. The number of carbonyl (C=O) groups is 1. The molecule has 0 saturated heterocycles. The third-order valence-corrected chi connectivity index (χ3v) is 8.69. The van der Waals surface area contributed by atoms with Gasteiger partial charge < -0.3 is 14.6 Å². The molecule has 0 bridgehead atoms. The van der Waals surface area contributed by atoms with Crippen molar-refractivity contribution in [1.29, 1.82) is 0 Å². The van der Waals surface area contributed by atoms with Crippen molar-refractivity contribution >= 4 is 5.97 Å². The second-order valence-corrected chi connectivity index (χ2v) is 11.5. The van der Waals surface area contributed by atoms with Crippen LogP contribution in [0.1, 0.15) is 122 Å². The van der Waals surface area contributed by atoms with Crippen molar-refractivity contribution in [1.82, 2.24) is 0 Å². The lowest BCUT2D eigenvalue weighted by Gasteiger charge is -2.32. The molecule has 2 aliphatic rings. The van der Waals surface area contributed by atoms with Gasteiger partial charge >= 0.3 is 5.97 Å². The molecule has 0 aliphatic heterocycles. The van der Waals surface area contributed by atoms with Crippen LogP contribution in [0, 0.1) is 17.8 Å². The summed E-state index contributed by atoms with van der Waals surface area (Å²) < 4.78 is 11.9. The minimum atomic E-state index is -0.239. The van der Waals surface area contributed by atoms with Crippen molar-refractivity contribution in [2.45, 2.75) is 136 Å². The van der Waals surface area contributed by atoms with E-state index in [0.29, 0.717) is 5.92 Å². The van der Waals surface area contributed by atoms with Gasteiger partial charge in [-0.15, -0.1) is 0 Å². The summed E-state index contributed by atoms with van der Waals surface area (Å²) in [5.74, 6) is 2.78. The average Bonchev–Trinajstić information content (AvgIpc) is 3.28. The maximum Gasteiger partial charge on any atom is 0.344 e. The number of ether oxygens (including phenoxy) is 2. The fourth-order valence-corrected chi connectivity index (χ4v) is 6.53. The predicted molar refractivity (Wildman–Crippen MR) is 147 cm³/mol. The molecule has 0 spiro atoms. The Balaban J connectivity index is 1.51. The lowest BCUT2D eigenvalue weighted by atomic mass is 9.73. The highest BCUT2D eigenvalue weighted by Gasteiger charge is 2.39. The molecule has 1 N–H and O–H groups in total. The number of fused-ring (bicyclic) bond motifs is 2. The lowest BCUT2D eigenvalue weighted by molar-refractivity contribution is -0.152. The number of unbranched alkanes of at least 4 members (excludes halogenated alkanes) is 4. The molecule has 0 amide bonds. The molecule has 204 valence electrons. The van der Waals surface area contributed by atoms with Crippen molar-refractivity contribution < 1.29 is 19.4 Å². The van der Waals surface area contributed by atoms with Crippen LogP contribution in [-0.4, -0.2) is 29.9 Å². The highest BCUT2D eigenvalue weighted by Crippen LogP contribution is 2.48. The van der Waals surface area contributed by atoms with Crippen molar-refractivity contribution in [2.24, 2.45) is 17.8 Å². The molecule has 1 aromatic carbocycles. The fraction of sp³-hybridized carbons (Fsp3) is 0.781. The first-order valence-electron chi connectivity index (χ1n) is 15.2. The number of carbonyl (C=O) groups excluding carboxylic acids is 1. The van der Waals surface area contributed by atoms with E-state index in [1.165, 1.54) is 36.8 Å². The van der Waals surface area contributed by atoms with Crippen LogP contribution in [0.25, 0.3) is 0 Å². The topological polar surface area (TPSA) is 55.8 Å². The van der Waals surface area contributed by atoms with Gasteiger partial charge in [-0.3, -0.25) is 0 Å². The molecular weight excluding hydrogens is 448 g/mol. The molecule has 0 aromatic heterocycles. The van der Waals surface area contributed by atoms with Crippen LogP contribution < -0.4 is 4.74 Å². The van der Waals surface area contributed by atoms with Gasteiger partial charge in [0.15, 0.2) is 6.61 Å². The van der Waals surface area contributed by atoms with Gasteiger partial charge in [0.1, 0.15) is 11.9 Å². The maximum atomic E-state index is 12.6. The van der Waals surface area contributed by atoms with E-state index in [2.05, 4.69) is 32.9 Å². The van der Waals surface area contributed by atoms with Gasteiger partial charge in [0.05, 0.1) is 6.10 Å². The van der Waals surface area contributed by atoms with Gasteiger partial charge in [-0.1, -0.05) is 77.8 Å². The Labute approximate surface area is 220 Å². The van der Waals surface area contributed by atoms with Gasteiger partial charge in [-0.05, 0) is 92.7 Å². The van der Waals surface area contributed by atoms with Crippen LogP contribution >= 0.6 is 0 Å². The van der Waals surface area contributed by atoms with E-state index < -0.39 is 0 Å². The first kappa shape index (κ1) is 29.0. The summed E-state index contributed by atoms with van der Waals surface area (Å²) in [7, 11) is 0. The first-order chi connectivity index (χ1) is 17.5. The van der Waals surface area contributed by atoms with Crippen LogP contribution in [0.15, 0.2) is 18.2 Å². The molecule has 1 aromatic rings. The molecule has 0 radical (unpaired) electrons. The third-order valence-electron chi connectivity index (χ3n) is 8.69. The Hall–Kier alpha value is -1.55. The molecular formula is C32H52O4. The second kappa shape index (κ2) is 15.6. The number of hydrogen-bond donors (Lipinski definition) is 1.